The van der Waals surface area contributed by atoms with Gasteiger partial charge in [-0.2, -0.15) is 4.98 Å². The minimum absolute atomic E-state index is 0.0381. The Bertz CT molecular complexity index is 946. The third-order valence-electron chi connectivity index (χ3n) is 3.23. The van der Waals surface area contributed by atoms with Gasteiger partial charge in [0, 0.05) is 10.8 Å². The molecule has 0 radical (unpaired) electrons. The topological polar surface area (TPSA) is 60.2 Å². The number of oxazole rings is 1. The van der Waals surface area contributed by atoms with E-state index in [1.807, 2.05) is 17.5 Å². The van der Waals surface area contributed by atoms with Crippen LogP contribution < -0.4 is 0 Å². The average Bonchev–Trinajstić information content (AvgIpc) is 3.23. The molecule has 1 aromatic carbocycles. The summed E-state index contributed by atoms with van der Waals surface area (Å²) in [7, 11) is -3.78. The molecule has 3 rings (SSSR count). The van der Waals surface area contributed by atoms with Crippen LogP contribution in [-0.2, 0) is 9.84 Å². The van der Waals surface area contributed by atoms with Gasteiger partial charge in [0.05, 0.1) is 9.77 Å². The normalized spacial score (nSPS) is 12.0. The van der Waals surface area contributed by atoms with E-state index in [0.29, 0.717) is 21.9 Å². The summed E-state index contributed by atoms with van der Waals surface area (Å²) in [5.74, 6) is 1.46. The molecule has 0 aliphatic rings. The highest BCUT2D eigenvalue weighted by molar-refractivity contribution is 8.00. The van der Waals surface area contributed by atoms with E-state index in [0.717, 1.165) is 10.6 Å². The van der Waals surface area contributed by atoms with Crippen LogP contribution in [-0.4, -0.2) is 19.2 Å². The molecular weight excluding hydrogens is 398 g/mol. The zero-order valence-corrected chi connectivity index (χ0v) is 16.8. The van der Waals surface area contributed by atoms with Gasteiger partial charge in [0.1, 0.15) is 0 Å². The second-order valence-electron chi connectivity index (χ2n) is 5.75. The van der Waals surface area contributed by atoms with E-state index >= 15 is 0 Å². The van der Waals surface area contributed by atoms with E-state index < -0.39 is 9.84 Å². The van der Waals surface area contributed by atoms with Gasteiger partial charge < -0.3 is 4.42 Å². The Morgan fingerprint density at radius 1 is 1.24 bits per heavy atom. The molecule has 0 aliphatic carbocycles. The van der Waals surface area contributed by atoms with Crippen molar-refractivity contribution in [2.45, 2.75) is 28.9 Å². The molecule has 2 aromatic heterocycles. The van der Waals surface area contributed by atoms with E-state index in [1.165, 1.54) is 35.2 Å². The molecule has 0 N–H and O–H groups in total. The first-order valence-electron chi connectivity index (χ1n) is 7.56. The van der Waals surface area contributed by atoms with Gasteiger partial charge >= 0.3 is 0 Å². The number of thioether (sulfide) groups is 1. The number of aromatic nitrogens is 1. The predicted octanol–water partition coefficient (Wildman–Crippen LogP) is 5.64. The maximum absolute atomic E-state index is 13.0. The number of rotatable bonds is 6. The summed E-state index contributed by atoms with van der Waals surface area (Å²) in [5.41, 5.74) is 0. The van der Waals surface area contributed by atoms with Crippen molar-refractivity contribution in [3.05, 3.63) is 46.8 Å². The molecule has 0 spiro atoms. The zero-order valence-electron chi connectivity index (χ0n) is 13.6. The fourth-order valence-electron chi connectivity index (χ4n) is 2.03. The molecule has 2 heterocycles. The van der Waals surface area contributed by atoms with Crippen LogP contribution in [0.2, 0.25) is 5.02 Å². The lowest BCUT2D eigenvalue weighted by Gasteiger charge is -2.05. The number of hydrogen-bond donors (Lipinski definition) is 0. The van der Waals surface area contributed by atoms with Crippen LogP contribution in [0.4, 0.5) is 0 Å². The Hall–Kier alpha value is -1.28. The maximum Gasteiger partial charge on any atom is 0.238 e. The van der Waals surface area contributed by atoms with Crippen LogP contribution in [0.3, 0.4) is 0 Å². The first kappa shape index (κ1) is 18.5. The summed E-state index contributed by atoms with van der Waals surface area (Å²) >= 11 is 8.68. The van der Waals surface area contributed by atoms with E-state index in [4.69, 9.17) is 16.0 Å². The van der Waals surface area contributed by atoms with Gasteiger partial charge in [-0.1, -0.05) is 43.3 Å². The number of sulfone groups is 1. The summed E-state index contributed by atoms with van der Waals surface area (Å²) in [5, 5.41) is 2.66. The molecule has 0 bridgehead atoms. The minimum atomic E-state index is -3.78. The molecule has 0 fully saturated rings. The summed E-state index contributed by atoms with van der Waals surface area (Å²) < 4.78 is 31.8. The lowest BCUT2D eigenvalue weighted by Crippen LogP contribution is -2.04. The van der Waals surface area contributed by atoms with Gasteiger partial charge in [-0.25, -0.2) is 8.42 Å². The lowest BCUT2D eigenvalue weighted by atomic mass is 10.3. The van der Waals surface area contributed by atoms with E-state index in [1.54, 1.807) is 12.1 Å². The molecule has 0 saturated carbocycles. The Morgan fingerprint density at radius 2 is 1.96 bits per heavy atom. The molecule has 3 aromatic rings. The molecule has 0 amide bonds. The second-order valence-corrected chi connectivity index (χ2v) is 9.99. The SMILES string of the molecule is CC(C)CSc1oc(-c2cccs2)nc1S(=O)(=O)c1ccc(Cl)cc1. The van der Waals surface area contributed by atoms with Gasteiger partial charge in [-0.3, -0.25) is 0 Å². The van der Waals surface area contributed by atoms with Crippen molar-refractivity contribution in [1.82, 2.24) is 4.98 Å². The maximum atomic E-state index is 13.0. The predicted molar refractivity (Wildman–Crippen MR) is 102 cm³/mol. The summed E-state index contributed by atoms with van der Waals surface area (Å²) in [6.45, 7) is 4.13. The van der Waals surface area contributed by atoms with Gasteiger partial charge in [0.25, 0.3) is 0 Å². The van der Waals surface area contributed by atoms with Crippen LogP contribution in [0.15, 0.2) is 61.2 Å². The number of thiophene rings is 1. The van der Waals surface area contributed by atoms with Gasteiger partial charge in [0.15, 0.2) is 0 Å². The van der Waals surface area contributed by atoms with Gasteiger partial charge in [-0.15, -0.1) is 11.3 Å². The highest BCUT2D eigenvalue weighted by Gasteiger charge is 2.29. The Balaban J connectivity index is 2.07. The van der Waals surface area contributed by atoms with Crippen molar-refractivity contribution < 1.29 is 12.8 Å². The van der Waals surface area contributed by atoms with Crippen molar-refractivity contribution in [2.75, 3.05) is 5.75 Å². The summed E-state index contributed by atoms with van der Waals surface area (Å²) in [6, 6.07) is 9.79. The molecule has 0 saturated heterocycles. The Kier molecular flexibility index (Phi) is 5.58. The first-order chi connectivity index (χ1) is 11.9. The van der Waals surface area contributed by atoms with Crippen LogP contribution in [0, 0.1) is 5.92 Å². The fraction of sp³-hybridized carbons (Fsp3) is 0.235. The monoisotopic (exact) mass is 413 g/mol. The molecule has 0 aliphatic heterocycles. The largest absolute Gasteiger partial charge is 0.428 e. The van der Waals surface area contributed by atoms with Crippen LogP contribution in [0.5, 0.6) is 0 Å². The Morgan fingerprint density at radius 3 is 2.56 bits per heavy atom. The fourth-order valence-corrected chi connectivity index (χ4v) is 5.28. The zero-order chi connectivity index (χ0) is 18.0. The lowest BCUT2D eigenvalue weighted by molar-refractivity contribution is 0.470. The molecule has 0 unspecified atom stereocenters. The number of halogens is 1. The first-order valence-corrected chi connectivity index (χ1v) is 11.3. The van der Waals surface area contributed by atoms with E-state index in [2.05, 4.69) is 18.8 Å². The number of hydrogen-bond acceptors (Lipinski definition) is 6. The average molecular weight is 414 g/mol. The van der Waals surface area contributed by atoms with Crippen LogP contribution >= 0.6 is 34.7 Å². The van der Waals surface area contributed by atoms with Crippen molar-refractivity contribution in [3.8, 4) is 10.8 Å². The van der Waals surface area contributed by atoms with E-state index in [-0.39, 0.29) is 9.92 Å². The summed E-state index contributed by atoms with van der Waals surface area (Å²) in [6.07, 6.45) is 0. The molecule has 25 heavy (non-hydrogen) atoms. The highest BCUT2D eigenvalue weighted by atomic mass is 35.5. The smallest absolute Gasteiger partial charge is 0.238 e. The summed E-state index contributed by atoms with van der Waals surface area (Å²) in [4.78, 5) is 5.25. The second kappa shape index (κ2) is 7.53. The molecule has 132 valence electrons. The minimum Gasteiger partial charge on any atom is -0.428 e. The van der Waals surface area contributed by atoms with Crippen LogP contribution in [0.1, 0.15) is 13.8 Å². The van der Waals surface area contributed by atoms with Gasteiger partial charge in [-0.05, 0) is 41.6 Å². The standard InChI is InChI=1S/C17H16ClNO3S3/c1-11(2)10-24-17-16(19-15(22-17)14-4-3-9-23-14)25(20,21)13-7-5-12(18)6-8-13/h3-9,11H,10H2,1-2H3. The molecule has 4 nitrogen and oxygen atoms in total. The van der Waals surface area contributed by atoms with Gasteiger partial charge in [0.2, 0.25) is 25.8 Å². The quantitative estimate of drug-likeness (QED) is 0.489. The third kappa shape index (κ3) is 4.11. The highest BCUT2D eigenvalue weighted by Crippen LogP contribution is 2.36. The third-order valence-corrected chi connectivity index (χ3v) is 7.52. The van der Waals surface area contributed by atoms with Crippen LogP contribution in [0.25, 0.3) is 10.8 Å². The number of benzene rings is 1. The van der Waals surface area contributed by atoms with Crippen molar-refractivity contribution in [3.63, 3.8) is 0 Å². The van der Waals surface area contributed by atoms with E-state index in [9.17, 15) is 8.42 Å². The molecular formula is C17H16ClNO3S3. The Labute approximate surface area is 160 Å². The molecule has 0 atom stereocenters. The molecule has 8 heteroatoms. The van der Waals surface area contributed by atoms with Crippen molar-refractivity contribution in [1.29, 1.82) is 0 Å². The number of nitrogens with zero attached hydrogens (tertiary/aromatic N) is 1. The van der Waals surface area contributed by atoms with Crippen molar-refractivity contribution >= 4 is 44.5 Å². The van der Waals surface area contributed by atoms with Crippen molar-refractivity contribution in [2.24, 2.45) is 5.92 Å².